The van der Waals surface area contributed by atoms with Gasteiger partial charge in [0.05, 0.1) is 13.0 Å². The van der Waals surface area contributed by atoms with Crippen molar-refractivity contribution in [1.82, 2.24) is 10.2 Å². The van der Waals surface area contributed by atoms with Crippen LogP contribution in [0.1, 0.15) is 22.7 Å². The largest absolute Gasteiger partial charge is 0.395 e. The molecule has 6 heteroatoms. The van der Waals surface area contributed by atoms with Crippen LogP contribution in [0.5, 0.6) is 0 Å². The Labute approximate surface area is 187 Å². The van der Waals surface area contributed by atoms with Crippen molar-refractivity contribution in [2.45, 2.75) is 19.0 Å². The fourth-order valence-electron chi connectivity index (χ4n) is 3.37. The second kappa shape index (κ2) is 11.3. The van der Waals surface area contributed by atoms with Crippen molar-refractivity contribution < 1.29 is 14.7 Å². The van der Waals surface area contributed by atoms with E-state index in [1.165, 1.54) is 0 Å². The van der Waals surface area contributed by atoms with Crippen molar-refractivity contribution in [3.05, 3.63) is 107 Å². The second-order valence-corrected chi connectivity index (χ2v) is 7.57. The highest BCUT2D eigenvalue weighted by atomic mass is 35.5. The number of carbonyl (C=O) groups is 2. The van der Waals surface area contributed by atoms with Crippen LogP contribution in [0.4, 0.5) is 0 Å². The molecule has 0 saturated heterocycles. The molecule has 160 valence electrons. The number of hydrogen-bond donors (Lipinski definition) is 2. The van der Waals surface area contributed by atoms with Gasteiger partial charge in [0.25, 0.3) is 0 Å². The van der Waals surface area contributed by atoms with Crippen LogP contribution >= 0.6 is 11.6 Å². The lowest BCUT2D eigenvalue weighted by molar-refractivity contribution is -0.141. The SMILES string of the molecule is O=C(NCCO)[C@@H](c1ccccc1)N(Cc1ccccc1)C(=O)Cc1ccc(Cl)cc1. The fraction of sp³-hybridized carbons (Fsp3) is 0.200. The van der Waals surface area contributed by atoms with E-state index in [-0.39, 0.29) is 37.9 Å². The number of amides is 2. The van der Waals surface area contributed by atoms with Gasteiger partial charge in [0, 0.05) is 18.1 Å². The highest BCUT2D eigenvalue weighted by Gasteiger charge is 2.31. The summed E-state index contributed by atoms with van der Waals surface area (Å²) in [6, 6.07) is 25.1. The summed E-state index contributed by atoms with van der Waals surface area (Å²) < 4.78 is 0. The molecule has 3 aromatic carbocycles. The Hall–Kier alpha value is -3.15. The molecule has 5 nitrogen and oxygen atoms in total. The van der Waals surface area contributed by atoms with Crippen molar-refractivity contribution in [2.24, 2.45) is 0 Å². The molecule has 0 spiro atoms. The molecular weight excluding hydrogens is 412 g/mol. The molecule has 31 heavy (non-hydrogen) atoms. The molecule has 1 atom stereocenters. The number of aliphatic hydroxyl groups is 1. The summed E-state index contributed by atoms with van der Waals surface area (Å²) in [5.74, 6) is -0.514. The van der Waals surface area contributed by atoms with Crippen molar-refractivity contribution in [1.29, 1.82) is 0 Å². The van der Waals surface area contributed by atoms with Gasteiger partial charge in [-0.2, -0.15) is 0 Å². The zero-order valence-electron chi connectivity index (χ0n) is 17.1. The van der Waals surface area contributed by atoms with Crippen molar-refractivity contribution >= 4 is 23.4 Å². The van der Waals surface area contributed by atoms with E-state index in [2.05, 4.69) is 5.32 Å². The molecule has 0 aliphatic carbocycles. The smallest absolute Gasteiger partial charge is 0.247 e. The summed E-state index contributed by atoms with van der Waals surface area (Å²) in [6.07, 6.45) is 0.140. The monoisotopic (exact) mass is 436 g/mol. The average Bonchev–Trinajstić information content (AvgIpc) is 2.80. The third-order valence-corrected chi connectivity index (χ3v) is 5.12. The third kappa shape index (κ3) is 6.41. The van der Waals surface area contributed by atoms with Gasteiger partial charge in [0.2, 0.25) is 11.8 Å². The maximum Gasteiger partial charge on any atom is 0.247 e. The van der Waals surface area contributed by atoms with E-state index in [4.69, 9.17) is 16.7 Å². The summed E-state index contributed by atoms with van der Waals surface area (Å²) in [7, 11) is 0. The molecule has 2 N–H and O–H groups in total. The number of carbonyl (C=O) groups excluding carboxylic acids is 2. The molecule has 3 aromatic rings. The number of nitrogens with zero attached hydrogens (tertiary/aromatic N) is 1. The quantitative estimate of drug-likeness (QED) is 0.536. The minimum atomic E-state index is -0.826. The molecule has 3 rings (SSSR count). The van der Waals surface area contributed by atoms with Gasteiger partial charge in [0.15, 0.2) is 0 Å². The van der Waals surface area contributed by atoms with Gasteiger partial charge >= 0.3 is 0 Å². The fourth-order valence-corrected chi connectivity index (χ4v) is 3.49. The minimum Gasteiger partial charge on any atom is -0.395 e. The van der Waals surface area contributed by atoms with E-state index in [1.807, 2.05) is 72.8 Å². The van der Waals surface area contributed by atoms with Crippen LogP contribution in [-0.4, -0.2) is 35.0 Å². The number of halogens is 1. The summed E-state index contributed by atoms with van der Waals surface area (Å²) >= 11 is 5.97. The Bertz CT molecular complexity index is 979. The number of aliphatic hydroxyl groups excluding tert-OH is 1. The Morgan fingerprint density at radius 1 is 0.871 bits per heavy atom. The molecule has 0 unspecified atom stereocenters. The molecule has 0 fully saturated rings. The zero-order chi connectivity index (χ0) is 22.1. The van der Waals surface area contributed by atoms with Gasteiger partial charge in [-0.05, 0) is 28.8 Å². The lowest BCUT2D eigenvalue weighted by Gasteiger charge is -2.31. The summed E-state index contributed by atoms with van der Waals surface area (Å²) in [5, 5.41) is 12.5. The van der Waals surface area contributed by atoms with Gasteiger partial charge in [-0.1, -0.05) is 84.4 Å². The Kier molecular flexibility index (Phi) is 8.21. The standard InChI is InChI=1S/C25H25ClN2O3/c26-22-13-11-19(12-14-22)17-23(30)28(18-20-7-3-1-4-8-20)24(25(31)27-15-16-29)21-9-5-2-6-10-21/h1-14,24,29H,15-18H2,(H,27,31)/t24-/m1/s1. The molecule has 0 aliphatic heterocycles. The van der Waals surface area contributed by atoms with Crippen molar-refractivity contribution in [2.75, 3.05) is 13.2 Å². The molecule has 0 aliphatic rings. The highest BCUT2D eigenvalue weighted by Crippen LogP contribution is 2.25. The number of benzene rings is 3. The predicted octanol–water partition coefficient (Wildman–Crippen LogP) is 3.76. The summed E-state index contributed by atoms with van der Waals surface area (Å²) in [4.78, 5) is 28.1. The first-order chi connectivity index (χ1) is 15.1. The van der Waals surface area contributed by atoms with E-state index in [0.29, 0.717) is 10.6 Å². The van der Waals surface area contributed by atoms with Crippen LogP contribution in [-0.2, 0) is 22.6 Å². The van der Waals surface area contributed by atoms with Crippen LogP contribution in [0, 0.1) is 0 Å². The first kappa shape index (κ1) is 22.5. The average molecular weight is 437 g/mol. The molecule has 0 bridgehead atoms. The number of rotatable bonds is 9. The Balaban J connectivity index is 1.96. The van der Waals surface area contributed by atoms with Crippen LogP contribution in [0.2, 0.25) is 5.02 Å². The first-order valence-corrected chi connectivity index (χ1v) is 10.5. The molecular formula is C25H25ClN2O3. The van der Waals surface area contributed by atoms with Gasteiger partial charge < -0.3 is 15.3 Å². The maximum atomic E-state index is 13.5. The van der Waals surface area contributed by atoms with Gasteiger partial charge in [-0.3, -0.25) is 9.59 Å². The molecule has 2 amide bonds. The number of nitrogens with one attached hydrogen (secondary N) is 1. The van der Waals surface area contributed by atoms with Crippen LogP contribution in [0.3, 0.4) is 0 Å². The van der Waals surface area contributed by atoms with E-state index in [0.717, 1.165) is 11.1 Å². The molecule has 0 heterocycles. The van der Waals surface area contributed by atoms with Crippen LogP contribution in [0.15, 0.2) is 84.9 Å². The lowest BCUT2D eigenvalue weighted by atomic mass is 10.0. The predicted molar refractivity (Wildman–Crippen MR) is 121 cm³/mol. The van der Waals surface area contributed by atoms with Crippen LogP contribution in [0.25, 0.3) is 0 Å². The maximum absolute atomic E-state index is 13.5. The normalized spacial score (nSPS) is 11.5. The van der Waals surface area contributed by atoms with Crippen molar-refractivity contribution in [3.63, 3.8) is 0 Å². The lowest BCUT2D eigenvalue weighted by Crippen LogP contribution is -2.44. The Morgan fingerprint density at radius 3 is 2.10 bits per heavy atom. The molecule has 0 saturated carbocycles. The van der Waals surface area contributed by atoms with E-state index in [1.54, 1.807) is 17.0 Å². The summed E-state index contributed by atoms with van der Waals surface area (Å²) in [6.45, 7) is 0.219. The van der Waals surface area contributed by atoms with Crippen LogP contribution < -0.4 is 5.32 Å². The van der Waals surface area contributed by atoms with E-state index in [9.17, 15) is 9.59 Å². The molecule has 0 radical (unpaired) electrons. The Morgan fingerprint density at radius 2 is 1.48 bits per heavy atom. The van der Waals surface area contributed by atoms with E-state index < -0.39 is 6.04 Å². The zero-order valence-corrected chi connectivity index (χ0v) is 17.8. The summed E-state index contributed by atoms with van der Waals surface area (Å²) in [5.41, 5.74) is 2.44. The van der Waals surface area contributed by atoms with Gasteiger partial charge in [-0.25, -0.2) is 0 Å². The molecule has 0 aromatic heterocycles. The topological polar surface area (TPSA) is 69.6 Å². The second-order valence-electron chi connectivity index (χ2n) is 7.14. The first-order valence-electron chi connectivity index (χ1n) is 10.1. The minimum absolute atomic E-state index is 0.118. The van der Waals surface area contributed by atoms with Gasteiger partial charge in [-0.15, -0.1) is 0 Å². The number of hydrogen-bond acceptors (Lipinski definition) is 3. The highest BCUT2D eigenvalue weighted by molar-refractivity contribution is 6.30. The van der Waals surface area contributed by atoms with E-state index >= 15 is 0 Å². The van der Waals surface area contributed by atoms with Crippen molar-refractivity contribution in [3.8, 4) is 0 Å². The third-order valence-electron chi connectivity index (χ3n) is 4.87. The van der Waals surface area contributed by atoms with Gasteiger partial charge in [0.1, 0.15) is 6.04 Å².